The van der Waals surface area contributed by atoms with E-state index in [9.17, 15) is 9.59 Å². The first kappa shape index (κ1) is 29.2. The summed E-state index contributed by atoms with van der Waals surface area (Å²) in [5, 5.41) is 8.55. The number of methoxy groups -OCH3 is 1. The van der Waals surface area contributed by atoms with E-state index in [1.807, 2.05) is 40.0 Å². The molecule has 8 heterocycles. The number of nitrogens with one attached hydrogen (secondary N) is 1. The number of carbonyl (C=O) groups excluding carboxylic acids is 2. The lowest BCUT2D eigenvalue weighted by atomic mass is 10.0. The molecule has 2 amide bonds. The van der Waals surface area contributed by atoms with Crippen molar-refractivity contribution < 1.29 is 14.3 Å². The SMILES string of the molecule is COc1cc(C(=O)N2C3=CC[C@H]2C[C@H]3N)cc2nc(-c3cc4ccc([C@@H](C)NC(=O)c5cnn6c5CCC6)nc4n3CC3CC3)c(C)n12. The summed E-state index contributed by atoms with van der Waals surface area (Å²) in [7, 11) is 1.62. The van der Waals surface area contributed by atoms with Crippen LogP contribution in [-0.4, -0.2) is 64.6 Å². The molecule has 0 aromatic carbocycles. The van der Waals surface area contributed by atoms with Gasteiger partial charge in [-0.15, -0.1) is 0 Å². The van der Waals surface area contributed by atoms with Gasteiger partial charge in [-0.05, 0) is 82.6 Å². The van der Waals surface area contributed by atoms with Gasteiger partial charge in [-0.25, -0.2) is 9.97 Å². The van der Waals surface area contributed by atoms with E-state index in [1.165, 1.54) is 12.8 Å². The molecule has 2 fully saturated rings. The van der Waals surface area contributed by atoms with Crippen LogP contribution in [0.3, 0.4) is 0 Å². The van der Waals surface area contributed by atoms with Gasteiger partial charge in [-0.2, -0.15) is 5.10 Å². The zero-order chi connectivity index (χ0) is 32.8. The van der Waals surface area contributed by atoms with Gasteiger partial charge >= 0.3 is 0 Å². The van der Waals surface area contributed by atoms with Crippen molar-refractivity contribution in [2.24, 2.45) is 11.7 Å². The maximum atomic E-state index is 13.8. The summed E-state index contributed by atoms with van der Waals surface area (Å²) in [6.45, 7) is 5.70. The summed E-state index contributed by atoms with van der Waals surface area (Å²) >= 11 is 0. The minimum atomic E-state index is -0.292. The smallest absolute Gasteiger partial charge is 0.258 e. The maximum absolute atomic E-state index is 13.8. The van der Waals surface area contributed by atoms with Gasteiger partial charge < -0.3 is 25.3 Å². The van der Waals surface area contributed by atoms with Crippen LogP contribution in [0.4, 0.5) is 0 Å². The van der Waals surface area contributed by atoms with Crippen molar-refractivity contribution >= 4 is 28.5 Å². The first-order valence-electron chi connectivity index (χ1n) is 17.0. The fourth-order valence-electron chi connectivity index (χ4n) is 7.96. The number of rotatable bonds is 8. The summed E-state index contributed by atoms with van der Waals surface area (Å²) in [5.74, 6) is 0.943. The molecule has 9 rings (SSSR count). The largest absolute Gasteiger partial charge is 0.482 e. The number of ether oxygens (including phenoxy) is 1. The molecule has 48 heavy (non-hydrogen) atoms. The Labute approximate surface area is 277 Å². The van der Waals surface area contributed by atoms with Gasteiger partial charge in [0.05, 0.1) is 47.7 Å². The second kappa shape index (κ2) is 10.8. The molecule has 246 valence electrons. The minimum Gasteiger partial charge on any atom is -0.482 e. The van der Waals surface area contributed by atoms with Gasteiger partial charge in [0.2, 0.25) is 0 Å². The van der Waals surface area contributed by atoms with E-state index in [0.717, 1.165) is 84.0 Å². The lowest BCUT2D eigenvalue weighted by molar-refractivity contribution is 0.0792. The van der Waals surface area contributed by atoms with Crippen LogP contribution >= 0.6 is 0 Å². The van der Waals surface area contributed by atoms with Crippen LogP contribution in [0, 0.1) is 12.8 Å². The van der Waals surface area contributed by atoms with Gasteiger partial charge in [0.15, 0.2) is 5.88 Å². The van der Waals surface area contributed by atoms with Crippen molar-refractivity contribution in [3.63, 3.8) is 0 Å². The minimum absolute atomic E-state index is 0.0710. The summed E-state index contributed by atoms with van der Waals surface area (Å²) < 4.78 is 12.0. The second-order valence-corrected chi connectivity index (χ2v) is 13.8. The maximum Gasteiger partial charge on any atom is 0.258 e. The van der Waals surface area contributed by atoms with Crippen LogP contribution in [0.1, 0.15) is 82.9 Å². The lowest BCUT2D eigenvalue weighted by Gasteiger charge is -2.20. The number of fused-ring (bicyclic) bond motifs is 5. The standard InChI is InChI=1S/C36H39N9O3/c1-19(39-35(46)25-17-38-43-12-4-5-28(25)43)27-10-8-22-13-30(42(34(22)40-27)18-21-6-7-21)33-20(2)44-31(41-33)14-23(15-32(44)48-3)36(47)45-24-9-11-29(45)26(37)16-24/h8,10-11,13-15,17,19,21,24,26H,4-7,9,12,16,18,37H2,1-3H3,(H,39,46)/t19-,24+,26-/m1/s1. The first-order chi connectivity index (χ1) is 23.3. The van der Waals surface area contributed by atoms with Gasteiger partial charge in [0.25, 0.3) is 11.8 Å². The molecule has 3 atom stereocenters. The predicted molar refractivity (Wildman–Crippen MR) is 180 cm³/mol. The molecule has 3 N–H and O–H groups in total. The zero-order valence-electron chi connectivity index (χ0n) is 27.4. The average molecular weight is 646 g/mol. The lowest BCUT2D eigenvalue weighted by Crippen LogP contribution is -2.31. The third kappa shape index (κ3) is 4.49. The Morgan fingerprint density at radius 3 is 2.77 bits per heavy atom. The highest BCUT2D eigenvalue weighted by atomic mass is 16.5. The van der Waals surface area contributed by atoms with Gasteiger partial charge in [-0.3, -0.25) is 18.7 Å². The molecule has 1 saturated heterocycles. The number of aryl methyl sites for hydroxylation is 2. The quantitative estimate of drug-likeness (QED) is 0.253. The van der Waals surface area contributed by atoms with Gasteiger partial charge in [0, 0.05) is 47.9 Å². The fourth-order valence-corrected chi connectivity index (χ4v) is 7.96. The van der Waals surface area contributed by atoms with E-state index in [0.29, 0.717) is 28.6 Å². The van der Waals surface area contributed by atoms with E-state index in [-0.39, 0.29) is 29.9 Å². The zero-order valence-corrected chi connectivity index (χ0v) is 27.4. The van der Waals surface area contributed by atoms with E-state index in [2.05, 4.69) is 33.2 Å². The molecule has 12 heteroatoms. The number of hydrogen-bond donors (Lipinski definition) is 2. The Morgan fingerprint density at radius 2 is 2.02 bits per heavy atom. The van der Waals surface area contributed by atoms with Crippen LogP contribution in [0.25, 0.3) is 28.1 Å². The van der Waals surface area contributed by atoms with E-state index >= 15 is 0 Å². The Morgan fingerprint density at radius 1 is 1.17 bits per heavy atom. The molecule has 5 aromatic heterocycles. The van der Waals surface area contributed by atoms with Crippen molar-refractivity contribution in [2.75, 3.05) is 7.11 Å². The summed E-state index contributed by atoms with van der Waals surface area (Å²) in [6, 6.07) is 9.60. The van der Waals surface area contributed by atoms with Gasteiger partial charge in [0.1, 0.15) is 17.0 Å². The normalized spacial score (nSPS) is 20.5. The highest BCUT2D eigenvalue weighted by Crippen LogP contribution is 2.39. The summed E-state index contributed by atoms with van der Waals surface area (Å²) in [5.41, 5.74) is 14.4. The van der Waals surface area contributed by atoms with Crippen molar-refractivity contribution in [1.82, 2.24) is 38.9 Å². The van der Waals surface area contributed by atoms with Crippen LogP contribution in [0.5, 0.6) is 5.88 Å². The molecule has 3 aliphatic heterocycles. The molecule has 0 spiro atoms. The molecular weight excluding hydrogens is 606 g/mol. The molecule has 4 aliphatic rings. The summed E-state index contributed by atoms with van der Waals surface area (Å²) in [4.78, 5) is 39.1. The number of hydrogen-bond acceptors (Lipinski definition) is 7. The second-order valence-electron chi connectivity index (χ2n) is 13.8. The Bertz CT molecular complexity index is 2190. The highest BCUT2D eigenvalue weighted by molar-refractivity contribution is 5.98. The molecule has 1 saturated carbocycles. The van der Waals surface area contributed by atoms with Gasteiger partial charge in [-0.1, -0.05) is 6.08 Å². The number of aromatic nitrogens is 6. The Balaban J connectivity index is 1.08. The fraction of sp³-hybridized carbons (Fsp3) is 0.417. The molecule has 1 aliphatic carbocycles. The summed E-state index contributed by atoms with van der Waals surface area (Å²) in [6.07, 6.45) is 9.66. The highest BCUT2D eigenvalue weighted by Gasteiger charge is 2.42. The number of nitrogens with zero attached hydrogens (tertiary/aromatic N) is 7. The van der Waals surface area contributed by atoms with Crippen LogP contribution in [0.15, 0.2) is 48.3 Å². The first-order valence-corrected chi connectivity index (χ1v) is 17.0. The van der Waals surface area contributed by atoms with Crippen molar-refractivity contribution in [3.05, 3.63) is 76.5 Å². The third-order valence-electron chi connectivity index (χ3n) is 10.7. The molecule has 0 radical (unpaired) electrons. The molecule has 2 bridgehead atoms. The third-order valence-corrected chi connectivity index (χ3v) is 10.7. The van der Waals surface area contributed by atoms with Crippen molar-refractivity contribution in [2.45, 2.75) is 83.6 Å². The van der Waals surface area contributed by atoms with Crippen molar-refractivity contribution in [3.8, 4) is 17.3 Å². The monoisotopic (exact) mass is 645 g/mol. The van der Waals surface area contributed by atoms with E-state index in [4.69, 9.17) is 20.4 Å². The van der Waals surface area contributed by atoms with E-state index < -0.39 is 0 Å². The Kier molecular flexibility index (Phi) is 6.55. The van der Waals surface area contributed by atoms with Crippen LogP contribution in [0.2, 0.25) is 0 Å². The van der Waals surface area contributed by atoms with Crippen molar-refractivity contribution in [1.29, 1.82) is 0 Å². The molecular formula is C36H39N9O3. The number of carbonyl (C=O) groups is 2. The predicted octanol–water partition coefficient (Wildman–Crippen LogP) is 4.54. The number of nitrogens with two attached hydrogens (primary N) is 1. The average Bonchev–Trinajstić information content (AvgIpc) is 3.58. The Hall–Kier alpha value is -4.97. The van der Waals surface area contributed by atoms with E-state index in [1.54, 1.807) is 19.4 Å². The molecule has 0 unspecified atom stereocenters. The number of pyridine rings is 2. The topological polar surface area (TPSA) is 138 Å². The molecule has 5 aromatic rings. The number of imidazole rings is 1. The molecule has 12 nitrogen and oxygen atoms in total. The van der Waals surface area contributed by atoms with Crippen LogP contribution < -0.4 is 15.8 Å². The van der Waals surface area contributed by atoms with Crippen LogP contribution in [-0.2, 0) is 19.5 Å². The number of amides is 2.